The standard InChI is InChI=1S/C20H26N2O4/c23-18(21-17-10-8-15(9-11-17)20(25)26)16-7-4-12-22(13-16)19(24)14-5-2-1-3-6-14/h1-3,5-6,15-17H,4,7-13H2,(H,21,23)(H,25,26). The number of benzene rings is 1. The van der Waals surface area contributed by atoms with Crippen molar-refractivity contribution < 1.29 is 19.5 Å². The van der Waals surface area contributed by atoms with Gasteiger partial charge in [-0.05, 0) is 50.7 Å². The van der Waals surface area contributed by atoms with Crippen LogP contribution in [0.3, 0.4) is 0 Å². The minimum atomic E-state index is -0.739. The smallest absolute Gasteiger partial charge is 0.306 e. The molecule has 1 atom stereocenters. The topological polar surface area (TPSA) is 86.7 Å². The van der Waals surface area contributed by atoms with E-state index in [2.05, 4.69) is 5.32 Å². The first kappa shape index (κ1) is 18.4. The molecule has 1 aliphatic carbocycles. The number of piperidine rings is 1. The van der Waals surface area contributed by atoms with Crippen LogP contribution < -0.4 is 5.32 Å². The Morgan fingerprint density at radius 2 is 1.65 bits per heavy atom. The van der Waals surface area contributed by atoms with Crippen molar-refractivity contribution in [3.63, 3.8) is 0 Å². The molecule has 1 unspecified atom stereocenters. The summed E-state index contributed by atoms with van der Waals surface area (Å²) < 4.78 is 0. The van der Waals surface area contributed by atoms with Crippen LogP contribution in [0.4, 0.5) is 0 Å². The van der Waals surface area contributed by atoms with Crippen LogP contribution in [0.25, 0.3) is 0 Å². The lowest BCUT2D eigenvalue weighted by molar-refractivity contribution is -0.142. The number of carbonyl (C=O) groups is 3. The van der Waals surface area contributed by atoms with E-state index in [0.717, 1.165) is 12.8 Å². The maximum atomic E-state index is 12.6. The van der Waals surface area contributed by atoms with Gasteiger partial charge < -0.3 is 15.3 Å². The number of hydrogen-bond donors (Lipinski definition) is 2. The molecule has 6 nitrogen and oxygen atoms in total. The highest BCUT2D eigenvalue weighted by atomic mass is 16.4. The first-order valence-electron chi connectivity index (χ1n) is 9.42. The van der Waals surface area contributed by atoms with E-state index >= 15 is 0 Å². The van der Waals surface area contributed by atoms with Gasteiger partial charge in [0.25, 0.3) is 5.91 Å². The van der Waals surface area contributed by atoms with Crippen molar-refractivity contribution in [1.29, 1.82) is 0 Å². The van der Waals surface area contributed by atoms with Crippen LogP contribution >= 0.6 is 0 Å². The molecule has 1 aliphatic heterocycles. The summed E-state index contributed by atoms with van der Waals surface area (Å²) in [6, 6.07) is 9.21. The van der Waals surface area contributed by atoms with Crippen LogP contribution in [0.1, 0.15) is 48.9 Å². The number of rotatable bonds is 4. The highest BCUT2D eigenvalue weighted by molar-refractivity contribution is 5.94. The summed E-state index contributed by atoms with van der Waals surface area (Å²) in [7, 11) is 0. The van der Waals surface area contributed by atoms with Crippen molar-refractivity contribution >= 4 is 17.8 Å². The number of nitrogens with one attached hydrogen (secondary N) is 1. The van der Waals surface area contributed by atoms with E-state index in [1.807, 2.05) is 18.2 Å². The molecule has 0 radical (unpaired) electrons. The van der Waals surface area contributed by atoms with Gasteiger partial charge >= 0.3 is 5.97 Å². The summed E-state index contributed by atoms with van der Waals surface area (Å²) in [5.41, 5.74) is 0.653. The second kappa shape index (κ2) is 8.34. The Morgan fingerprint density at radius 3 is 2.31 bits per heavy atom. The van der Waals surface area contributed by atoms with Crippen molar-refractivity contribution in [2.45, 2.75) is 44.6 Å². The second-order valence-electron chi connectivity index (χ2n) is 7.35. The minimum absolute atomic E-state index is 0.00524. The zero-order valence-electron chi connectivity index (χ0n) is 14.9. The number of carboxylic acids is 1. The van der Waals surface area contributed by atoms with E-state index in [-0.39, 0.29) is 29.7 Å². The zero-order valence-corrected chi connectivity index (χ0v) is 14.9. The normalized spacial score (nSPS) is 26.2. The SMILES string of the molecule is O=C(O)C1CCC(NC(=O)C2CCCN(C(=O)c3ccccc3)C2)CC1. The van der Waals surface area contributed by atoms with E-state index in [4.69, 9.17) is 5.11 Å². The highest BCUT2D eigenvalue weighted by Gasteiger charge is 2.32. The lowest BCUT2D eigenvalue weighted by Gasteiger charge is -2.34. The molecule has 0 aromatic heterocycles. The molecule has 2 amide bonds. The lowest BCUT2D eigenvalue weighted by atomic mass is 9.85. The minimum Gasteiger partial charge on any atom is -0.481 e. The molecule has 2 N–H and O–H groups in total. The van der Waals surface area contributed by atoms with Gasteiger partial charge in [0.1, 0.15) is 0 Å². The fourth-order valence-electron chi connectivity index (χ4n) is 3.94. The number of nitrogens with zero attached hydrogens (tertiary/aromatic N) is 1. The molecule has 1 heterocycles. The Labute approximate surface area is 153 Å². The molecule has 3 rings (SSSR count). The number of carbonyl (C=O) groups excluding carboxylic acids is 2. The molecule has 0 bridgehead atoms. The van der Waals surface area contributed by atoms with Crippen LogP contribution in [-0.4, -0.2) is 46.9 Å². The Balaban J connectivity index is 1.52. The summed E-state index contributed by atoms with van der Waals surface area (Å²) in [6.07, 6.45) is 4.26. The molecule has 1 saturated heterocycles. The maximum Gasteiger partial charge on any atom is 0.306 e. The van der Waals surface area contributed by atoms with Crippen LogP contribution in [0.15, 0.2) is 30.3 Å². The number of hydrogen-bond acceptors (Lipinski definition) is 3. The third kappa shape index (κ3) is 4.42. The number of aliphatic carboxylic acids is 1. The van der Waals surface area contributed by atoms with Crippen molar-refractivity contribution in [2.24, 2.45) is 11.8 Å². The number of carboxylic acid groups (broad SMARTS) is 1. The molecule has 2 aliphatic rings. The summed E-state index contributed by atoms with van der Waals surface area (Å²) in [5.74, 6) is -1.23. The fourth-order valence-corrected chi connectivity index (χ4v) is 3.94. The maximum absolute atomic E-state index is 12.6. The average Bonchev–Trinajstić information content (AvgIpc) is 2.68. The average molecular weight is 358 g/mol. The molecule has 1 saturated carbocycles. The van der Waals surface area contributed by atoms with Gasteiger partial charge in [0.15, 0.2) is 0 Å². The van der Waals surface area contributed by atoms with E-state index in [0.29, 0.717) is 44.3 Å². The molecule has 140 valence electrons. The van der Waals surface area contributed by atoms with Gasteiger partial charge in [0.05, 0.1) is 11.8 Å². The predicted molar refractivity (Wildman–Crippen MR) is 96.6 cm³/mol. The van der Waals surface area contributed by atoms with Gasteiger partial charge in [0, 0.05) is 24.7 Å². The van der Waals surface area contributed by atoms with Crippen molar-refractivity contribution in [1.82, 2.24) is 10.2 Å². The molecular weight excluding hydrogens is 332 g/mol. The molecule has 26 heavy (non-hydrogen) atoms. The molecule has 2 fully saturated rings. The first-order chi connectivity index (χ1) is 12.5. The predicted octanol–water partition coefficient (Wildman–Crippen LogP) is 2.30. The Bertz CT molecular complexity index is 653. The Morgan fingerprint density at radius 1 is 0.962 bits per heavy atom. The molecule has 1 aromatic rings. The molecule has 1 aromatic carbocycles. The van der Waals surface area contributed by atoms with Crippen LogP contribution in [0.5, 0.6) is 0 Å². The summed E-state index contributed by atoms with van der Waals surface area (Å²) >= 11 is 0. The monoisotopic (exact) mass is 358 g/mol. The molecular formula is C20H26N2O4. The fraction of sp³-hybridized carbons (Fsp3) is 0.550. The van der Waals surface area contributed by atoms with E-state index < -0.39 is 5.97 Å². The van der Waals surface area contributed by atoms with Gasteiger partial charge in [-0.2, -0.15) is 0 Å². The van der Waals surface area contributed by atoms with Gasteiger partial charge in [-0.3, -0.25) is 14.4 Å². The van der Waals surface area contributed by atoms with Gasteiger partial charge in [0.2, 0.25) is 5.91 Å². The third-order valence-corrected chi connectivity index (χ3v) is 5.52. The van der Waals surface area contributed by atoms with Crippen molar-refractivity contribution in [3.8, 4) is 0 Å². The van der Waals surface area contributed by atoms with Gasteiger partial charge in [-0.15, -0.1) is 0 Å². The van der Waals surface area contributed by atoms with Gasteiger partial charge in [-0.1, -0.05) is 18.2 Å². The van der Waals surface area contributed by atoms with Crippen LogP contribution in [-0.2, 0) is 9.59 Å². The van der Waals surface area contributed by atoms with Crippen LogP contribution in [0.2, 0.25) is 0 Å². The Kier molecular flexibility index (Phi) is 5.91. The van der Waals surface area contributed by atoms with Gasteiger partial charge in [-0.25, -0.2) is 0 Å². The number of amides is 2. The van der Waals surface area contributed by atoms with E-state index in [1.54, 1.807) is 17.0 Å². The largest absolute Gasteiger partial charge is 0.481 e. The van der Waals surface area contributed by atoms with Crippen molar-refractivity contribution in [2.75, 3.05) is 13.1 Å². The second-order valence-corrected chi connectivity index (χ2v) is 7.35. The lowest BCUT2D eigenvalue weighted by Crippen LogP contribution is -2.48. The summed E-state index contributed by atoms with van der Waals surface area (Å²) in [5, 5.41) is 12.1. The third-order valence-electron chi connectivity index (χ3n) is 5.52. The van der Waals surface area contributed by atoms with Crippen molar-refractivity contribution in [3.05, 3.63) is 35.9 Å². The van der Waals surface area contributed by atoms with Crippen LogP contribution in [0, 0.1) is 11.8 Å². The zero-order chi connectivity index (χ0) is 18.5. The van der Waals surface area contributed by atoms with E-state index in [9.17, 15) is 14.4 Å². The highest BCUT2D eigenvalue weighted by Crippen LogP contribution is 2.25. The summed E-state index contributed by atoms with van der Waals surface area (Å²) in [6.45, 7) is 1.13. The Hall–Kier alpha value is -2.37. The van der Waals surface area contributed by atoms with E-state index in [1.165, 1.54) is 0 Å². The quantitative estimate of drug-likeness (QED) is 0.865. The first-order valence-corrected chi connectivity index (χ1v) is 9.42. The molecule has 0 spiro atoms. The summed E-state index contributed by atoms with van der Waals surface area (Å²) in [4.78, 5) is 38.0. The molecule has 6 heteroatoms. The number of likely N-dealkylation sites (tertiary alicyclic amines) is 1.